The molecule has 0 heterocycles. The lowest BCUT2D eigenvalue weighted by molar-refractivity contribution is 0.468. The molecule has 0 spiro atoms. The van der Waals surface area contributed by atoms with E-state index in [1.54, 1.807) is 0 Å². The molecule has 0 aliphatic heterocycles. The second-order valence-electron chi connectivity index (χ2n) is 4.65. The Morgan fingerprint density at radius 2 is 1.93 bits per heavy atom. The number of hydrogen-bond acceptors (Lipinski definition) is 1. The van der Waals surface area contributed by atoms with Crippen LogP contribution in [-0.4, -0.2) is 6.54 Å². The number of benzene rings is 1. The Morgan fingerprint density at radius 1 is 1.29 bits per heavy atom. The Balaban J connectivity index is 2.38. The van der Waals surface area contributed by atoms with Gasteiger partial charge in [0.25, 0.3) is 0 Å². The standard InChI is InChI=1S/C13H19N/c1-9(2)13-7-10(8-14)11-5-3-4-6-12(11)13/h3-6,9-10,13H,7-8,14H2,1-2H3/t10-,13+/m1/s1. The second kappa shape index (κ2) is 3.74. The number of nitrogens with two attached hydrogens (primary N) is 1. The maximum Gasteiger partial charge on any atom is -0.000791 e. The lowest BCUT2D eigenvalue weighted by atomic mass is 9.90. The fourth-order valence-corrected chi connectivity index (χ4v) is 2.64. The van der Waals surface area contributed by atoms with E-state index in [4.69, 9.17) is 5.73 Å². The van der Waals surface area contributed by atoms with Gasteiger partial charge in [0.15, 0.2) is 0 Å². The lowest BCUT2D eigenvalue weighted by Gasteiger charge is -2.15. The molecule has 1 aliphatic carbocycles. The van der Waals surface area contributed by atoms with Crippen molar-refractivity contribution in [2.75, 3.05) is 6.54 Å². The third-order valence-electron chi connectivity index (χ3n) is 3.46. The average Bonchev–Trinajstić information content (AvgIpc) is 2.56. The molecule has 0 saturated heterocycles. The van der Waals surface area contributed by atoms with Gasteiger partial charge in [-0.05, 0) is 41.8 Å². The molecule has 2 rings (SSSR count). The highest BCUT2D eigenvalue weighted by Gasteiger charge is 2.31. The van der Waals surface area contributed by atoms with Crippen molar-refractivity contribution in [1.29, 1.82) is 0 Å². The Kier molecular flexibility index (Phi) is 2.60. The van der Waals surface area contributed by atoms with Crippen LogP contribution in [0, 0.1) is 5.92 Å². The van der Waals surface area contributed by atoms with Crippen LogP contribution in [0.4, 0.5) is 0 Å². The monoisotopic (exact) mass is 189 g/mol. The van der Waals surface area contributed by atoms with Gasteiger partial charge in [-0.1, -0.05) is 38.1 Å². The van der Waals surface area contributed by atoms with Crippen LogP contribution in [0.15, 0.2) is 24.3 Å². The predicted molar refractivity (Wildman–Crippen MR) is 60.4 cm³/mol. The minimum Gasteiger partial charge on any atom is -0.330 e. The zero-order valence-electron chi connectivity index (χ0n) is 9.03. The molecule has 0 radical (unpaired) electrons. The smallest absolute Gasteiger partial charge is 0.000791 e. The molecule has 1 nitrogen and oxygen atoms in total. The van der Waals surface area contributed by atoms with E-state index in [1.807, 2.05) is 0 Å². The normalized spacial score (nSPS) is 25.4. The summed E-state index contributed by atoms with van der Waals surface area (Å²) in [6, 6.07) is 8.79. The van der Waals surface area contributed by atoms with Crippen molar-refractivity contribution in [2.45, 2.75) is 32.1 Å². The van der Waals surface area contributed by atoms with Crippen molar-refractivity contribution in [3.05, 3.63) is 35.4 Å². The highest BCUT2D eigenvalue weighted by molar-refractivity contribution is 5.38. The highest BCUT2D eigenvalue weighted by Crippen LogP contribution is 2.44. The maximum atomic E-state index is 5.81. The Bertz CT molecular complexity index is 317. The fourth-order valence-electron chi connectivity index (χ4n) is 2.64. The van der Waals surface area contributed by atoms with Crippen LogP contribution in [0.2, 0.25) is 0 Å². The molecule has 14 heavy (non-hydrogen) atoms. The van der Waals surface area contributed by atoms with Gasteiger partial charge in [-0.3, -0.25) is 0 Å². The van der Waals surface area contributed by atoms with Gasteiger partial charge in [-0.25, -0.2) is 0 Å². The molecule has 0 amide bonds. The van der Waals surface area contributed by atoms with Crippen molar-refractivity contribution >= 4 is 0 Å². The first-order chi connectivity index (χ1) is 6.74. The molecule has 0 bridgehead atoms. The predicted octanol–water partition coefficient (Wildman–Crippen LogP) is 2.87. The Labute approximate surface area is 86.3 Å². The fraction of sp³-hybridized carbons (Fsp3) is 0.538. The summed E-state index contributed by atoms with van der Waals surface area (Å²) in [4.78, 5) is 0. The Morgan fingerprint density at radius 3 is 2.50 bits per heavy atom. The number of fused-ring (bicyclic) bond motifs is 1. The summed E-state index contributed by atoms with van der Waals surface area (Å²) in [5, 5.41) is 0. The van der Waals surface area contributed by atoms with Crippen LogP contribution in [0.5, 0.6) is 0 Å². The summed E-state index contributed by atoms with van der Waals surface area (Å²) in [6.07, 6.45) is 1.24. The van der Waals surface area contributed by atoms with Crippen LogP contribution in [-0.2, 0) is 0 Å². The second-order valence-corrected chi connectivity index (χ2v) is 4.65. The molecule has 1 aromatic rings. The molecule has 2 atom stereocenters. The molecule has 0 saturated carbocycles. The zero-order chi connectivity index (χ0) is 10.1. The first kappa shape index (κ1) is 9.72. The van der Waals surface area contributed by atoms with Gasteiger partial charge < -0.3 is 5.73 Å². The quantitative estimate of drug-likeness (QED) is 0.760. The van der Waals surface area contributed by atoms with Gasteiger partial charge in [0.1, 0.15) is 0 Å². The van der Waals surface area contributed by atoms with Gasteiger partial charge in [0.2, 0.25) is 0 Å². The molecular formula is C13H19N. The molecule has 1 aliphatic rings. The van der Waals surface area contributed by atoms with Gasteiger partial charge in [-0.15, -0.1) is 0 Å². The van der Waals surface area contributed by atoms with Crippen molar-refractivity contribution in [1.82, 2.24) is 0 Å². The van der Waals surface area contributed by atoms with Crippen LogP contribution in [0.25, 0.3) is 0 Å². The molecule has 2 N–H and O–H groups in total. The molecule has 1 heteroatoms. The largest absolute Gasteiger partial charge is 0.330 e. The van der Waals surface area contributed by atoms with Crippen LogP contribution >= 0.6 is 0 Å². The van der Waals surface area contributed by atoms with E-state index >= 15 is 0 Å². The third kappa shape index (κ3) is 1.46. The van der Waals surface area contributed by atoms with E-state index in [0.717, 1.165) is 18.4 Å². The summed E-state index contributed by atoms with van der Waals surface area (Å²) in [5.41, 5.74) is 8.84. The topological polar surface area (TPSA) is 26.0 Å². The van der Waals surface area contributed by atoms with E-state index in [0.29, 0.717) is 5.92 Å². The minimum atomic E-state index is 0.596. The number of hydrogen-bond donors (Lipinski definition) is 1. The van der Waals surface area contributed by atoms with Gasteiger partial charge in [-0.2, -0.15) is 0 Å². The summed E-state index contributed by atoms with van der Waals surface area (Å²) >= 11 is 0. The summed E-state index contributed by atoms with van der Waals surface area (Å²) in [7, 11) is 0. The van der Waals surface area contributed by atoms with Gasteiger partial charge >= 0.3 is 0 Å². The highest BCUT2D eigenvalue weighted by atomic mass is 14.6. The average molecular weight is 189 g/mol. The van der Waals surface area contributed by atoms with E-state index < -0.39 is 0 Å². The summed E-state index contributed by atoms with van der Waals surface area (Å²) in [5.74, 6) is 2.05. The molecule has 0 aromatic heterocycles. The minimum absolute atomic E-state index is 0.596. The van der Waals surface area contributed by atoms with Crippen molar-refractivity contribution in [3.8, 4) is 0 Å². The summed E-state index contributed by atoms with van der Waals surface area (Å²) < 4.78 is 0. The van der Waals surface area contributed by atoms with Gasteiger partial charge in [0, 0.05) is 0 Å². The molecule has 1 aromatic carbocycles. The maximum absolute atomic E-state index is 5.81. The lowest BCUT2D eigenvalue weighted by Crippen LogP contribution is -2.10. The molecule has 0 fully saturated rings. The van der Waals surface area contributed by atoms with E-state index in [9.17, 15) is 0 Å². The first-order valence-electron chi connectivity index (χ1n) is 5.53. The third-order valence-corrected chi connectivity index (χ3v) is 3.46. The summed E-state index contributed by atoms with van der Waals surface area (Å²) in [6.45, 7) is 5.40. The van der Waals surface area contributed by atoms with E-state index in [2.05, 4.69) is 38.1 Å². The SMILES string of the molecule is CC(C)[C@@H]1C[C@H](CN)c2ccccc21. The molecular weight excluding hydrogens is 170 g/mol. The first-order valence-corrected chi connectivity index (χ1v) is 5.53. The molecule has 0 unspecified atom stereocenters. The van der Waals surface area contributed by atoms with Crippen LogP contribution in [0.1, 0.15) is 43.2 Å². The Hall–Kier alpha value is -0.820. The van der Waals surface area contributed by atoms with Crippen molar-refractivity contribution in [3.63, 3.8) is 0 Å². The van der Waals surface area contributed by atoms with Gasteiger partial charge in [0.05, 0.1) is 0 Å². The number of rotatable bonds is 2. The van der Waals surface area contributed by atoms with Crippen molar-refractivity contribution in [2.24, 2.45) is 11.7 Å². The van der Waals surface area contributed by atoms with E-state index in [-0.39, 0.29) is 0 Å². The van der Waals surface area contributed by atoms with E-state index in [1.165, 1.54) is 17.5 Å². The van der Waals surface area contributed by atoms with Crippen molar-refractivity contribution < 1.29 is 0 Å². The van der Waals surface area contributed by atoms with Crippen LogP contribution in [0.3, 0.4) is 0 Å². The molecule has 76 valence electrons. The zero-order valence-corrected chi connectivity index (χ0v) is 9.03. The van der Waals surface area contributed by atoms with Crippen LogP contribution < -0.4 is 5.73 Å².